The molecular weight excluding hydrogens is 396 g/mol. The molecule has 8 nitrogen and oxygen atoms in total. The number of carbonyl (C=O) groups excluding carboxylic acids is 3. The Bertz CT molecular complexity index is 987. The van der Waals surface area contributed by atoms with Crippen molar-refractivity contribution in [3.05, 3.63) is 53.5 Å². The summed E-state index contributed by atoms with van der Waals surface area (Å²) in [6, 6.07) is 8.75. The minimum Gasteiger partial charge on any atom is -0.469 e. The van der Waals surface area contributed by atoms with Gasteiger partial charge >= 0.3 is 0 Å². The SMILES string of the molecule is Cc1ccc2c(c1)N[C@]1(CCC(=O)N([C@@H](C)C(=O)NCCc3ccco3)CC1)NC2=O. The summed E-state index contributed by atoms with van der Waals surface area (Å²) in [5, 5.41) is 9.41. The fraction of sp³-hybridized carbons (Fsp3) is 0.435. The van der Waals surface area contributed by atoms with Crippen LogP contribution in [0.5, 0.6) is 0 Å². The number of furan rings is 1. The predicted molar refractivity (Wildman–Crippen MR) is 115 cm³/mol. The Labute approximate surface area is 181 Å². The Morgan fingerprint density at radius 3 is 2.87 bits per heavy atom. The maximum absolute atomic E-state index is 12.8. The highest BCUT2D eigenvalue weighted by Crippen LogP contribution is 2.32. The summed E-state index contributed by atoms with van der Waals surface area (Å²) in [4.78, 5) is 39.7. The molecule has 1 spiro atoms. The number of nitrogens with one attached hydrogen (secondary N) is 3. The van der Waals surface area contributed by atoms with Crippen LogP contribution in [0, 0.1) is 6.92 Å². The lowest BCUT2D eigenvalue weighted by Crippen LogP contribution is -2.58. The molecule has 0 radical (unpaired) electrons. The van der Waals surface area contributed by atoms with E-state index in [1.165, 1.54) is 0 Å². The number of rotatable bonds is 5. The fourth-order valence-corrected chi connectivity index (χ4v) is 4.27. The van der Waals surface area contributed by atoms with E-state index in [1.54, 1.807) is 18.1 Å². The maximum Gasteiger partial charge on any atom is 0.255 e. The Kier molecular flexibility index (Phi) is 5.71. The van der Waals surface area contributed by atoms with Crippen LogP contribution in [0.4, 0.5) is 5.69 Å². The molecule has 2 aliphatic heterocycles. The molecule has 2 atom stereocenters. The highest BCUT2D eigenvalue weighted by Gasteiger charge is 2.41. The van der Waals surface area contributed by atoms with Gasteiger partial charge in [0.1, 0.15) is 17.5 Å². The van der Waals surface area contributed by atoms with Gasteiger partial charge in [0.15, 0.2) is 0 Å². The Balaban J connectivity index is 1.40. The van der Waals surface area contributed by atoms with Crippen molar-refractivity contribution in [2.45, 2.75) is 51.2 Å². The molecule has 3 heterocycles. The number of carbonyl (C=O) groups is 3. The number of anilines is 1. The van der Waals surface area contributed by atoms with E-state index >= 15 is 0 Å². The molecular formula is C23H28N4O4. The van der Waals surface area contributed by atoms with Gasteiger partial charge in [-0.05, 0) is 50.1 Å². The molecule has 0 bridgehead atoms. The molecule has 3 N–H and O–H groups in total. The predicted octanol–water partition coefficient (Wildman–Crippen LogP) is 2.20. The van der Waals surface area contributed by atoms with E-state index in [9.17, 15) is 14.4 Å². The van der Waals surface area contributed by atoms with Crippen LogP contribution < -0.4 is 16.0 Å². The first-order valence-corrected chi connectivity index (χ1v) is 10.7. The second-order valence-corrected chi connectivity index (χ2v) is 8.34. The van der Waals surface area contributed by atoms with E-state index in [1.807, 2.05) is 37.3 Å². The van der Waals surface area contributed by atoms with Crippen molar-refractivity contribution < 1.29 is 18.8 Å². The molecule has 0 unspecified atom stereocenters. The van der Waals surface area contributed by atoms with Gasteiger partial charge in [-0.1, -0.05) is 6.07 Å². The topological polar surface area (TPSA) is 104 Å². The molecule has 2 aromatic rings. The summed E-state index contributed by atoms with van der Waals surface area (Å²) in [6.45, 7) is 4.53. The number of aryl methyl sites for hydroxylation is 1. The van der Waals surface area contributed by atoms with Crippen LogP contribution in [-0.4, -0.2) is 47.4 Å². The molecule has 0 saturated carbocycles. The highest BCUT2D eigenvalue weighted by atomic mass is 16.3. The summed E-state index contributed by atoms with van der Waals surface area (Å²) in [5.41, 5.74) is 1.75. The Morgan fingerprint density at radius 1 is 1.26 bits per heavy atom. The standard InChI is InChI=1S/C23H28N4O4/c1-15-5-6-18-19(14-15)25-23(26-22(18)30)9-7-20(28)27(12-10-23)16(2)21(29)24-11-8-17-4-3-13-31-17/h3-6,13-14,16,25H,7-12H2,1-2H3,(H,24,29)(H,26,30)/t16-,23+/m0/s1. The monoisotopic (exact) mass is 424 g/mol. The van der Waals surface area contributed by atoms with Crippen molar-refractivity contribution in [2.75, 3.05) is 18.4 Å². The normalized spacial score (nSPS) is 21.7. The third-order valence-corrected chi connectivity index (χ3v) is 6.11. The lowest BCUT2D eigenvalue weighted by Gasteiger charge is -2.40. The van der Waals surface area contributed by atoms with Crippen molar-refractivity contribution in [2.24, 2.45) is 0 Å². The Hall–Kier alpha value is -3.29. The lowest BCUT2D eigenvalue weighted by molar-refractivity contribution is -0.139. The number of hydrogen-bond acceptors (Lipinski definition) is 5. The molecule has 1 saturated heterocycles. The average molecular weight is 425 g/mol. The van der Waals surface area contributed by atoms with E-state index < -0.39 is 11.7 Å². The fourth-order valence-electron chi connectivity index (χ4n) is 4.27. The van der Waals surface area contributed by atoms with Crippen molar-refractivity contribution in [3.63, 3.8) is 0 Å². The van der Waals surface area contributed by atoms with Crippen LogP contribution in [0.25, 0.3) is 0 Å². The highest BCUT2D eigenvalue weighted by molar-refractivity contribution is 6.02. The van der Waals surface area contributed by atoms with E-state index in [2.05, 4.69) is 16.0 Å². The third kappa shape index (κ3) is 4.42. The zero-order valence-electron chi connectivity index (χ0n) is 17.9. The van der Waals surface area contributed by atoms with Crippen molar-refractivity contribution >= 4 is 23.4 Å². The van der Waals surface area contributed by atoms with Crippen molar-refractivity contribution in [1.82, 2.24) is 15.5 Å². The zero-order valence-corrected chi connectivity index (χ0v) is 17.9. The summed E-state index contributed by atoms with van der Waals surface area (Å²) >= 11 is 0. The van der Waals surface area contributed by atoms with Gasteiger partial charge in [0.25, 0.3) is 5.91 Å². The quantitative estimate of drug-likeness (QED) is 0.683. The summed E-state index contributed by atoms with van der Waals surface area (Å²) < 4.78 is 5.27. The van der Waals surface area contributed by atoms with Crippen LogP contribution in [-0.2, 0) is 16.0 Å². The number of fused-ring (bicyclic) bond motifs is 1. The molecule has 0 aliphatic carbocycles. The van der Waals surface area contributed by atoms with Gasteiger partial charge in [0.05, 0.1) is 11.8 Å². The van der Waals surface area contributed by atoms with Gasteiger partial charge in [0, 0.05) is 38.0 Å². The van der Waals surface area contributed by atoms with E-state index in [-0.39, 0.29) is 24.1 Å². The van der Waals surface area contributed by atoms with Crippen LogP contribution in [0.2, 0.25) is 0 Å². The molecule has 3 amide bonds. The molecule has 1 fully saturated rings. The number of nitrogens with zero attached hydrogens (tertiary/aromatic N) is 1. The third-order valence-electron chi connectivity index (χ3n) is 6.11. The average Bonchev–Trinajstić information content (AvgIpc) is 3.20. The summed E-state index contributed by atoms with van der Waals surface area (Å²) in [5.74, 6) is 0.378. The second kappa shape index (κ2) is 8.45. The maximum atomic E-state index is 12.8. The first kappa shape index (κ1) is 21.0. The van der Waals surface area contributed by atoms with Gasteiger partial charge in [-0.3, -0.25) is 14.4 Å². The minimum absolute atomic E-state index is 0.0864. The molecule has 1 aromatic heterocycles. The lowest BCUT2D eigenvalue weighted by atomic mass is 9.94. The van der Waals surface area contributed by atoms with Crippen LogP contribution >= 0.6 is 0 Å². The number of hydrogen-bond donors (Lipinski definition) is 3. The summed E-state index contributed by atoms with van der Waals surface area (Å²) in [6.07, 6.45) is 3.43. The molecule has 31 heavy (non-hydrogen) atoms. The van der Waals surface area contributed by atoms with E-state index in [4.69, 9.17) is 4.42 Å². The van der Waals surface area contributed by atoms with Crippen molar-refractivity contribution in [1.29, 1.82) is 0 Å². The molecule has 2 aliphatic rings. The molecule has 1 aromatic carbocycles. The minimum atomic E-state index is -0.697. The van der Waals surface area contributed by atoms with Gasteiger partial charge < -0.3 is 25.3 Å². The van der Waals surface area contributed by atoms with Gasteiger partial charge in [-0.2, -0.15) is 0 Å². The van der Waals surface area contributed by atoms with Crippen molar-refractivity contribution in [3.8, 4) is 0 Å². The molecule has 8 heteroatoms. The van der Waals surface area contributed by atoms with Gasteiger partial charge in [-0.15, -0.1) is 0 Å². The first-order valence-electron chi connectivity index (χ1n) is 10.7. The van der Waals surface area contributed by atoms with Crippen LogP contribution in [0.1, 0.15) is 47.9 Å². The second-order valence-electron chi connectivity index (χ2n) is 8.34. The smallest absolute Gasteiger partial charge is 0.255 e. The summed E-state index contributed by atoms with van der Waals surface area (Å²) in [7, 11) is 0. The Morgan fingerprint density at radius 2 is 2.10 bits per heavy atom. The number of benzene rings is 1. The van der Waals surface area contributed by atoms with Gasteiger partial charge in [0.2, 0.25) is 11.8 Å². The van der Waals surface area contributed by atoms with Crippen LogP contribution in [0.15, 0.2) is 41.0 Å². The first-order chi connectivity index (χ1) is 14.9. The number of likely N-dealkylation sites (tertiary alicyclic amines) is 1. The van der Waals surface area contributed by atoms with E-state index in [0.29, 0.717) is 37.9 Å². The van der Waals surface area contributed by atoms with Crippen LogP contribution in [0.3, 0.4) is 0 Å². The molecule has 4 rings (SSSR count). The number of amides is 3. The van der Waals surface area contributed by atoms with Gasteiger partial charge in [-0.25, -0.2) is 0 Å². The van der Waals surface area contributed by atoms with E-state index in [0.717, 1.165) is 17.0 Å². The largest absolute Gasteiger partial charge is 0.469 e. The molecule has 164 valence electrons. The zero-order chi connectivity index (χ0) is 22.0.